The fourth-order valence-electron chi connectivity index (χ4n) is 7.00. The van der Waals surface area contributed by atoms with Crippen LogP contribution in [0.3, 0.4) is 0 Å². The number of amides is 2. The standard InChI is InChI=1S/C33H44N4O4/c1-21-29-25(19-33(2,3)20-27(29)38)34-30(21)31(39)35-24(12-11-22-9-10-22)32(40)37-16-13-23-26(37)7-6-8-28(23)41-18-17-36-14-4-5-15-36/h6-8,22,24,34H,4-5,9-20H2,1-3H3,(H,35,39). The van der Waals surface area contributed by atoms with E-state index in [-0.39, 0.29) is 23.0 Å². The number of nitrogens with zero attached hydrogens (tertiary/aromatic N) is 2. The van der Waals surface area contributed by atoms with Gasteiger partial charge in [-0.05, 0) is 87.6 Å². The van der Waals surface area contributed by atoms with E-state index in [0.717, 1.165) is 61.6 Å². The number of hydrogen-bond acceptors (Lipinski definition) is 5. The van der Waals surface area contributed by atoms with Gasteiger partial charge in [0.2, 0.25) is 5.91 Å². The zero-order valence-electron chi connectivity index (χ0n) is 24.8. The Bertz CT molecular complexity index is 1330. The van der Waals surface area contributed by atoms with Crippen molar-refractivity contribution in [1.29, 1.82) is 0 Å². The Morgan fingerprint density at radius 1 is 1.15 bits per heavy atom. The van der Waals surface area contributed by atoms with Crippen molar-refractivity contribution in [2.75, 3.05) is 37.7 Å². The summed E-state index contributed by atoms with van der Waals surface area (Å²) < 4.78 is 6.20. The highest BCUT2D eigenvalue weighted by Crippen LogP contribution is 2.38. The van der Waals surface area contributed by atoms with Gasteiger partial charge in [-0.3, -0.25) is 19.3 Å². The van der Waals surface area contributed by atoms with Crippen LogP contribution < -0.4 is 15.0 Å². The molecule has 1 saturated carbocycles. The molecule has 3 heterocycles. The van der Waals surface area contributed by atoms with Gasteiger partial charge in [-0.1, -0.05) is 32.8 Å². The molecule has 0 radical (unpaired) electrons. The Labute approximate surface area is 243 Å². The lowest BCUT2D eigenvalue weighted by Gasteiger charge is -2.28. The molecule has 2 aliphatic carbocycles. The number of likely N-dealkylation sites (tertiary alicyclic amines) is 1. The average molecular weight is 561 g/mol. The van der Waals surface area contributed by atoms with Crippen LogP contribution in [-0.2, 0) is 17.6 Å². The van der Waals surface area contributed by atoms with E-state index in [1.54, 1.807) is 0 Å². The van der Waals surface area contributed by atoms with Crippen molar-refractivity contribution in [2.24, 2.45) is 11.3 Å². The zero-order valence-corrected chi connectivity index (χ0v) is 24.8. The topological polar surface area (TPSA) is 94.7 Å². The van der Waals surface area contributed by atoms with Gasteiger partial charge in [-0.25, -0.2) is 0 Å². The molecule has 2 fully saturated rings. The van der Waals surface area contributed by atoms with Crippen LogP contribution in [0.5, 0.6) is 5.75 Å². The molecule has 2 amide bonds. The lowest BCUT2D eigenvalue weighted by Crippen LogP contribution is -2.48. The van der Waals surface area contributed by atoms with Crippen LogP contribution in [0.15, 0.2) is 18.2 Å². The molecule has 1 atom stereocenters. The third-order valence-corrected chi connectivity index (χ3v) is 9.41. The molecule has 1 saturated heterocycles. The zero-order chi connectivity index (χ0) is 28.7. The Kier molecular flexibility index (Phi) is 7.70. The molecule has 1 unspecified atom stereocenters. The molecule has 8 nitrogen and oxygen atoms in total. The van der Waals surface area contributed by atoms with Crippen LogP contribution in [0, 0.1) is 18.3 Å². The summed E-state index contributed by atoms with van der Waals surface area (Å²) in [5, 5.41) is 3.08. The number of fused-ring (bicyclic) bond motifs is 2. The van der Waals surface area contributed by atoms with Gasteiger partial charge in [0.05, 0.1) is 5.69 Å². The van der Waals surface area contributed by atoms with Crippen molar-refractivity contribution in [2.45, 2.75) is 84.6 Å². The maximum Gasteiger partial charge on any atom is 0.268 e. The minimum Gasteiger partial charge on any atom is -0.492 e. The summed E-state index contributed by atoms with van der Waals surface area (Å²) in [6.07, 6.45) is 8.38. The largest absolute Gasteiger partial charge is 0.492 e. The second-order valence-electron chi connectivity index (χ2n) is 13.4. The molecule has 220 valence electrons. The van der Waals surface area contributed by atoms with Crippen molar-refractivity contribution in [3.05, 3.63) is 46.3 Å². The summed E-state index contributed by atoms with van der Waals surface area (Å²) in [5.74, 6) is 1.20. The first-order valence-corrected chi connectivity index (χ1v) is 15.5. The highest BCUT2D eigenvalue weighted by atomic mass is 16.5. The van der Waals surface area contributed by atoms with Crippen molar-refractivity contribution in [1.82, 2.24) is 15.2 Å². The summed E-state index contributed by atoms with van der Waals surface area (Å²) in [5.41, 5.74) is 4.40. The number of ketones is 1. The highest BCUT2D eigenvalue weighted by molar-refractivity contribution is 6.06. The number of carbonyl (C=O) groups excluding carboxylic acids is 3. The number of carbonyl (C=O) groups is 3. The number of anilines is 1. The van der Waals surface area contributed by atoms with Gasteiger partial charge >= 0.3 is 0 Å². The third-order valence-electron chi connectivity index (χ3n) is 9.41. The number of hydrogen-bond donors (Lipinski definition) is 2. The van der Waals surface area contributed by atoms with E-state index in [4.69, 9.17) is 4.74 Å². The van der Waals surface area contributed by atoms with E-state index in [9.17, 15) is 14.4 Å². The first kappa shape index (κ1) is 28.0. The number of aromatic nitrogens is 1. The Hall–Kier alpha value is -3.13. The molecule has 2 N–H and O–H groups in total. The van der Waals surface area contributed by atoms with Gasteiger partial charge in [0.25, 0.3) is 5.91 Å². The second-order valence-corrected chi connectivity index (χ2v) is 13.4. The Morgan fingerprint density at radius 2 is 1.93 bits per heavy atom. The number of Topliss-reactive ketones (excluding diaryl/α,β-unsaturated/α-hetero) is 1. The van der Waals surface area contributed by atoms with E-state index in [1.165, 1.54) is 25.7 Å². The van der Waals surface area contributed by atoms with E-state index in [2.05, 4.69) is 29.0 Å². The number of H-pyrrole nitrogens is 1. The number of ether oxygens (including phenoxy) is 1. The first-order valence-electron chi connectivity index (χ1n) is 15.5. The Balaban J connectivity index is 1.18. The lowest BCUT2D eigenvalue weighted by atomic mass is 9.75. The summed E-state index contributed by atoms with van der Waals surface area (Å²) >= 11 is 0. The third kappa shape index (κ3) is 5.94. The van der Waals surface area contributed by atoms with E-state index in [0.29, 0.717) is 48.7 Å². The predicted molar refractivity (Wildman–Crippen MR) is 159 cm³/mol. The van der Waals surface area contributed by atoms with Gasteiger partial charge in [0.1, 0.15) is 24.1 Å². The number of aromatic amines is 1. The van der Waals surface area contributed by atoms with Crippen molar-refractivity contribution in [3.8, 4) is 5.75 Å². The maximum absolute atomic E-state index is 14.0. The molecule has 1 aromatic heterocycles. The molecule has 4 aliphatic rings. The van der Waals surface area contributed by atoms with Gasteiger partial charge in [-0.2, -0.15) is 0 Å². The highest BCUT2D eigenvalue weighted by Gasteiger charge is 2.37. The predicted octanol–water partition coefficient (Wildman–Crippen LogP) is 4.83. The molecule has 8 heteroatoms. The normalized spacial score (nSPS) is 20.6. The number of rotatable bonds is 10. The fourth-order valence-corrected chi connectivity index (χ4v) is 7.00. The monoisotopic (exact) mass is 560 g/mol. The molecule has 6 rings (SSSR count). The summed E-state index contributed by atoms with van der Waals surface area (Å²) in [4.78, 5) is 48.1. The van der Waals surface area contributed by atoms with Crippen molar-refractivity contribution < 1.29 is 19.1 Å². The summed E-state index contributed by atoms with van der Waals surface area (Å²) in [6, 6.07) is 5.32. The van der Waals surface area contributed by atoms with Crippen LogP contribution in [0.4, 0.5) is 5.69 Å². The first-order chi connectivity index (χ1) is 19.7. The summed E-state index contributed by atoms with van der Waals surface area (Å²) in [7, 11) is 0. The van der Waals surface area contributed by atoms with E-state index < -0.39 is 6.04 Å². The molecule has 0 spiro atoms. The second kappa shape index (κ2) is 11.3. The molecule has 2 aliphatic heterocycles. The molecule has 41 heavy (non-hydrogen) atoms. The van der Waals surface area contributed by atoms with E-state index >= 15 is 0 Å². The number of nitrogens with one attached hydrogen (secondary N) is 2. The van der Waals surface area contributed by atoms with Crippen molar-refractivity contribution >= 4 is 23.3 Å². The average Bonchev–Trinajstić information content (AvgIpc) is 3.28. The fraction of sp³-hybridized carbons (Fsp3) is 0.606. The smallest absolute Gasteiger partial charge is 0.268 e. The van der Waals surface area contributed by atoms with Gasteiger partial charge < -0.3 is 19.9 Å². The van der Waals surface area contributed by atoms with Gasteiger partial charge in [0, 0.05) is 36.3 Å². The molecule has 0 bridgehead atoms. The van der Waals surface area contributed by atoms with Crippen LogP contribution >= 0.6 is 0 Å². The van der Waals surface area contributed by atoms with Crippen molar-refractivity contribution in [3.63, 3.8) is 0 Å². The van der Waals surface area contributed by atoms with Gasteiger partial charge in [-0.15, -0.1) is 0 Å². The maximum atomic E-state index is 14.0. The molecule has 1 aromatic carbocycles. The lowest BCUT2D eigenvalue weighted by molar-refractivity contribution is -0.120. The SMILES string of the molecule is Cc1c(C(=O)NC(CCC2CC2)C(=O)N2CCc3c(OCCN4CCCC4)cccc32)[nH]c2c1C(=O)CC(C)(C)C2. The van der Waals surface area contributed by atoms with Crippen LogP contribution in [-0.4, -0.2) is 66.3 Å². The number of benzene rings is 1. The quantitative estimate of drug-likeness (QED) is 0.434. The van der Waals surface area contributed by atoms with Crippen LogP contribution in [0.25, 0.3) is 0 Å². The Morgan fingerprint density at radius 3 is 2.68 bits per heavy atom. The molecular weight excluding hydrogens is 516 g/mol. The van der Waals surface area contributed by atoms with Crippen LogP contribution in [0.2, 0.25) is 0 Å². The molecular formula is C33H44N4O4. The van der Waals surface area contributed by atoms with Gasteiger partial charge in [0.15, 0.2) is 5.78 Å². The minimum atomic E-state index is -0.624. The minimum absolute atomic E-state index is 0.0712. The van der Waals surface area contributed by atoms with Crippen LogP contribution in [0.1, 0.15) is 96.5 Å². The van der Waals surface area contributed by atoms with E-state index in [1.807, 2.05) is 30.0 Å². The molecule has 2 aromatic rings. The summed E-state index contributed by atoms with van der Waals surface area (Å²) in [6.45, 7) is 10.4.